The van der Waals surface area contributed by atoms with Gasteiger partial charge in [0.1, 0.15) is 18.6 Å². The monoisotopic (exact) mass is 350 g/mol. The number of aliphatic hydroxyl groups is 3. The summed E-state index contributed by atoms with van der Waals surface area (Å²) in [6, 6.07) is 0. The molecule has 7 unspecified atom stereocenters. The molecule has 3 rings (SSSR count). The molecule has 5 heteroatoms. The Bertz CT molecular complexity index is 585. The molecule has 3 fully saturated rings. The first-order valence-electron chi connectivity index (χ1n) is 9.23. The van der Waals surface area contributed by atoms with Crippen molar-refractivity contribution in [1.82, 2.24) is 0 Å². The van der Waals surface area contributed by atoms with Gasteiger partial charge in [-0.3, -0.25) is 4.79 Å². The minimum atomic E-state index is -0.792. The maximum atomic E-state index is 11.8. The summed E-state index contributed by atoms with van der Waals surface area (Å²) < 4.78 is 4.91. The van der Waals surface area contributed by atoms with E-state index in [9.17, 15) is 20.1 Å². The van der Waals surface area contributed by atoms with Crippen LogP contribution in [0.25, 0.3) is 0 Å². The molecule has 0 bridgehead atoms. The van der Waals surface area contributed by atoms with Crippen LogP contribution in [0.5, 0.6) is 0 Å². The van der Waals surface area contributed by atoms with Crippen molar-refractivity contribution in [2.75, 3.05) is 13.2 Å². The number of aliphatic hydroxyl groups excluding tert-OH is 3. The quantitative estimate of drug-likeness (QED) is 0.534. The van der Waals surface area contributed by atoms with Gasteiger partial charge >= 0.3 is 5.97 Å². The molecule has 0 aromatic carbocycles. The molecule has 7 atom stereocenters. The SMILES string of the molecule is C=C1CCC2C(C)(CO)C(O)CCC2(C)C1C=CC1C(=O)OCC1O. The average Bonchev–Trinajstić information content (AvgIpc) is 2.89. The van der Waals surface area contributed by atoms with E-state index in [1.54, 1.807) is 6.08 Å². The van der Waals surface area contributed by atoms with Gasteiger partial charge in [0.2, 0.25) is 0 Å². The van der Waals surface area contributed by atoms with Gasteiger partial charge in [-0.15, -0.1) is 0 Å². The molecule has 5 nitrogen and oxygen atoms in total. The average molecular weight is 350 g/mol. The standard InChI is InChI=1S/C20H30O5/c1-12-4-7-16-19(2,9-8-17(23)20(16,3)11-21)14(12)6-5-13-15(22)10-25-18(13)24/h5-6,13-17,21-23H,1,4,7-11H2,2-3H3. The summed E-state index contributed by atoms with van der Waals surface area (Å²) in [7, 11) is 0. The number of carbonyl (C=O) groups is 1. The fraction of sp³-hybridized carbons (Fsp3) is 0.750. The van der Waals surface area contributed by atoms with Crippen LogP contribution in [0, 0.1) is 28.6 Å². The number of esters is 1. The summed E-state index contributed by atoms with van der Waals surface area (Å²) in [6.45, 7) is 8.45. The molecule has 3 aliphatic rings. The molecule has 25 heavy (non-hydrogen) atoms. The van der Waals surface area contributed by atoms with Crippen molar-refractivity contribution in [3.05, 3.63) is 24.3 Å². The van der Waals surface area contributed by atoms with Crippen molar-refractivity contribution in [3.63, 3.8) is 0 Å². The Balaban J connectivity index is 1.90. The Hall–Kier alpha value is -1.17. The number of cyclic esters (lactones) is 1. The van der Waals surface area contributed by atoms with E-state index in [2.05, 4.69) is 13.5 Å². The molecule has 0 aromatic rings. The predicted octanol–water partition coefficient (Wildman–Crippen LogP) is 1.82. The molecular formula is C20H30O5. The summed E-state index contributed by atoms with van der Waals surface area (Å²) in [5.74, 6) is -0.763. The molecule has 1 saturated heterocycles. The van der Waals surface area contributed by atoms with E-state index in [4.69, 9.17) is 4.74 Å². The summed E-state index contributed by atoms with van der Waals surface area (Å²) in [5.41, 5.74) is 0.467. The van der Waals surface area contributed by atoms with Crippen LogP contribution in [0.2, 0.25) is 0 Å². The highest BCUT2D eigenvalue weighted by Crippen LogP contribution is 2.61. The van der Waals surface area contributed by atoms with Gasteiger partial charge < -0.3 is 20.1 Å². The van der Waals surface area contributed by atoms with E-state index in [-0.39, 0.29) is 36.4 Å². The molecule has 1 heterocycles. The van der Waals surface area contributed by atoms with Crippen LogP contribution < -0.4 is 0 Å². The highest BCUT2D eigenvalue weighted by Gasteiger charge is 2.57. The van der Waals surface area contributed by atoms with Gasteiger partial charge in [-0.2, -0.15) is 0 Å². The van der Waals surface area contributed by atoms with Gasteiger partial charge in [0.25, 0.3) is 0 Å². The highest BCUT2D eigenvalue weighted by atomic mass is 16.6. The third kappa shape index (κ3) is 2.86. The van der Waals surface area contributed by atoms with E-state index in [0.717, 1.165) is 24.8 Å². The minimum Gasteiger partial charge on any atom is -0.462 e. The summed E-state index contributed by atoms with van der Waals surface area (Å²) in [6.07, 6.45) is 5.72. The highest BCUT2D eigenvalue weighted by molar-refractivity contribution is 5.77. The van der Waals surface area contributed by atoms with Crippen molar-refractivity contribution in [2.45, 2.75) is 51.7 Å². The van der Waals surface area contributed by atoms with Gasteiger partial charge in [-0.1, -0.05) is 38.2 Å². The number of carbonyl (C=O) groups excluding carboxylic acids is 1. The van der Waals surface area contributed by atoms with E-state index in [1.807, 2.05) is 13.0 Å². The van der Waals surface area contributed by atoms with Gasteiger partial charge in [-0.05, 0) is 37.0 Å². The van der Waals surface area contributed by atoms with E-state index < -0.39 is 23.5 Å². The second-order valence-electron chi connectivity index (χ2n) is 8.56. The van der Waals surface area contributed by atoms with Crippen LogP contribution in [0.4, 0.5) is 0 Å². The first-order valence-corrected chi connectivity index (χ1v) is 9.23. The second kappa shape index (κ2) is 6.53. The molecule has 2 aliphatic carbocycles. The lowest BCUT2D eigenvalue weighted by molar-refractivity contribution is -0.146. The van der Waals surface area contributed by atoms with Gasteiger partial charge in [0, 0.05) is 11.3 Å². The molecule has 3 N–H and O–H groups in total. The van der Waals surface area contributed by atoms with Crippen LogP contribution in [-0.2, 0) is 9.53 Å². The van der Waals surface area contributed by atoms with Gasteiger partial charge in [0.15, 0.2) is 0 Å². The van der Waals surface area contributed by atoms with Crippen molar-refractivity contribution in [3.8, 4) is 0 Å². The molecule has 2 saturated carbocycles. The Morgan fingerprint density at radius 2 is 2.00 bits per heavy atom. The topological polar surface area (TPSA) is 87.0 Å². The number of hydrogen-bond donors (Lipinski definition) is 3. The molecule has 0 aromatic heterocycles. The van der Waals surface area contributed by atoms with Crippen molar-refractivity contribution >= 4 is 5.97 Å². The fourth-order valence-corrected chi connectivity index (χ4v) is 5.45. The van der Waals surface area contributed by atoms with Crippen LogP contribution in [0.1, 0.15) is 39.5 Å². The largest absolute Gasteiger partial charge is 0.462 e. The fourth-order valence-electron chi connectivity index (χ4n) is 5.45. The smallest absolute Gasteiger partial charge is 0.315 e. The molecule has 140 valence electrons. The first kappa shape index (κ1) is 18.6. The van der Waals surface area contributed by atoms with E-state index in [1.165, 1.54) is 0 Å². The first-order chi connectivity index (χ1) is 11.7. The lowest BCUT2D eigenvalue weighted by Gasteiger charge is -2.59. The zero-order valence-electron chi connectivity index (χ0n) is 15.1. The van der Waals surface area contributed by atoms with Gasteiger partial charge in [-0.25, -0.2) is 0 Å². The van der Waals surface area contributed by atoms with Gasteiger partial charge in [0.05, 0.1) is 12.7 Å². The predicted molar refractivity (Wildman–Crippen MR) is 93.5 cm³/mol. The summed E-state index contributed by atoms with van der Waals surface area (Å²) in [4.78, 5) is 11.8. The summed E-state index contributed by atoms with van der Waals surface area (Å²) in [5, 5.41) is 30.4. The van der Waals surface area contributed by atoms with Crippen LogP contribution >= 0.6 is 0 Å². The second-order valence-corrected chi connectivity index (χ2v) is 8.56. The third-order valence-corrected chi connectivity index (χ3v) is 7.15. The molecule has 0 spiro atoms. The van der Waals surface area contributed by atoms with Crippen molar-refractivity contribution in [2.24, 2.45) is 28.6 Å². The van der Waals surface area contributed by atoms with Crippen molar-refractivity contribution < 1.29 is 24.9 Å². The van der Waals surface area contributed by atoms with Crippen LogP contribution in [0.15, 0.2) is 24.3 Å². The normalized spacial score (nSPS) is 47.8. The molecule has 0 amide bonds. The Morgan fingerprint density at radius 1 is 1.28 bits per heavy atom. The molecule has 1 aliphatic heterocycles. The Kier molecular flexibility index (Phi) is 4.86. The number of hydrogen-bond acceptors (Lipinski definition) is 5. The maximum absolute atomic E-state index is 11.8. The number of ether oxygens (including phenoxy) is 1. The lowest BCUT2D eigenvalue weighted by Crippen LogP contribution is -2.57. The number of fused-ring (bicyclic) bond motifs is 1. The van der Waals surface area contributed by atoms with E-state index >= 15 is 0 Å². The zero-order valence-corrected chi connectivity index (χ0v) is 15.1. The number of rotatable bonds is 3. The zero-order chi connectivity index (χ0) is 18.4. The Labute approximate surface area is 149 Å². The molecular weight excluding hydrogens is 320 g/mol. The minimum absolute atomic E-state index is 0.0367. The van der Waals surface area contributed by atoms with E-state index in [0.29, 0.717) is 6.42 Å². The third-order valence-electron chi connectivity index (χ3n) is 7.15. The van der Waals surface area contributed by atoms with Crippen LogP contribution in [-0.4, -0.2) is 46.7 Å². The number of allylic oxidation sites excluding steroid dienone is 2. The van der Waals surface area contributed by atoms with Crippen molar-refractivity contribution in [1.29, 1.82) is 0 Å². The molecule has 0 radical (unpaired) electrons. The lowest BCUT2D eigenvalue weighted by atomic mass is 9.46. The Morgan fingerprint density at radius 3 is 2.60 bits per heavy atom. The summed E-state index contributed by atoms with van der Waals surface area (Å²) >= 11 is 0. The maximum Gasteiger partial charge on any atom is 0.315 e. The van der Waals surface area contributed by atoms with Crippen LogP contribution in [0.3, 0.4) is 0 Å².